The third-order valence-electron chi connectivity index (χ3n) is 1.94. The Morgan fingerprint density at radius 2 is 2.12 bits per heavy atom. The molecule has 16 heavy (non-hydrogen) atoms. The number of carbonyl (C=O) groups is 1. The number of hydrogen-bond donors (Lipinski definition) is 2. The van der Waals surface area contributed by atoms with Gasteiger partial charge in [-0.1, -0.05) is 23.4 Å². The van der Waals surface area contributed by atoms with E-state index in [0.717, 1.165) is 0 Å². The zero-order valence-electron chi connectivity index (χ0n) is 8.27. The molecule has 0 unspecified atom stereocenters. The van der Waals surface area contributed by atoms with E-state index in [4.69, 9.17) is 0 Å². The Balaban J connectivity index is 1.96. The van der Waals surface area contributed by atoms with Gasteiger partial charge in [-0.3, -0.25) is 14.3 Å². The van der Waals surface area contributed by atoms with Crippen LogP contribution in [0.5, 0.6) is 0 Å². The van der Waals surface area contributed by atoms with Crippen LogP contribution < -0.4 is 11.1 Å². The molecule has 6 nitrogen and oxygen atoms in total. The largest absolute Gasteiger partial charge is 0.438 e. The van der Waals surface area contributed by atoms with Crippen LogP contribution >= 0.6 is 0 Å². The number of aromatic nitrogens is 2. The van der Waals surface area contributed by atoms with E-state index in [1.165, 1.54) is 0 Å². The van der Waals surface area contributed by atoms with E-state index in [2.05, 4.69) is 20.0 Å². The number of aromatic amines is 1. The summed E-state index contributed by atoms with van der Waals surface area (Å²) in [7, 11) is 0. The first-order valence-electron chi connectivity index (χ1n) is 4.64. The first-order chi connectivity index (χ1) is 7.75. The van der Waals surface area contributed by atoms with Gasteiger partial charge in [-0.05, 0) is 12.1 Å². The van der Waals surface area contributed by atoms with Gasteiger partial charge in [0, 0.05) is 5.56 Å². The standard InChI is InChI=1S/C10H9N3O3/c14-9(7-4-2-1-3-5-7)11-6-8-12-10(15)16-13-8/h1-5H,6H2,(H,11,14)(H,12,13,15). The molecule has 0 fully saturated rings. The highest BCUT2D eigenvalue weighted by Crippen LogP contribution is 1.98. The molecule has 0 aliphatic carbocycles. The number of H-pyrrole nitrogens is 1. The van der Waals surface area contributed by atoms with Gasteiger partial charge in [0.2, 0.25) is 0 Å². The zero-order chi connectivity index (χ0) is 11.4. The highest BCUT2D eigenvalue weighted by molar-refractivity contribution is 5.93. The Morgan fingerprint density at radius 3 is 2.75 bits per heavy atom. The lowest BCUT2D eigenvalue weighted by atomic mass is 10.2. The van der Waals surface area contributed by atoms with Crippen LogP contribution in [0.3, 0.4) is 0 Å². The number of hydrogen-bond acceptors (Lipinski definition) is 4. The first kappa shape index (κ1) is 10.2. The molecule has 1 aromatic heterocycles. The Labute approximate surface area is 90.3 Å². The number of amides is 1. The van der Waals surface area contributed by atoms with Crippen molar-refractivity contribution in [3.63, 3.8) is 0 Å². The second kappa shape index (κ2) is 4.43. The molecule has 0 saturated carbocycles. The van der Waals surface area contributed by atoms with E-state index in [-0.39, 0.29) is 18.3 Å². The Morgan fingerprint density at radius 1 is 1.38 bits per heavy atom. The molecule has 2 aromatic rings. The predicted octanol–water partition coefficient (Wildman–Crippen LogP) is 0.293. The Kier molecular flexibility index (Phi) is 2.81. The monoisotopic (exact) mass is 219 g/mol. The van der Waals surface area contributed by atoms with Crippen molar-refractivity contribution in [1.29, 1.82) is 0 Å². The van der Waals surface area contributed by atoms with E-state index in [9.17, 15) is 9.59 Å². The van der Waals surface area contributed by atoms with E-state index in [1.807, 2.05) is 6.07 Å². The summed E-state index contributed by atoms with van der Waals surface area (Å²) >= 11 is 0. The van der Waals surface area contributed by atoms with Crippen molar-refractivity contribution in [2.24, 2.45) is 0 Å². The maximum atomic E-state index is 11.6. The maximum Gasteiger partial charge on any atom is 0.438 e. The summed E-state index contributed by atoms with van der Waals surface area (Å²) in [5.41, 5.74) is 0.549. The summed E-state index contributed by atoms with van der Waals surface area (Å²) in [6.45, 7) is 0.124. The fourth-order valence-electron chi connectivity index (χ4n) is 1.19. The molecule has 0 atom stereocenters. The molecular formula is C10H9N3O3. The SMILES string of the molecule is O=C(NCc1noc(=O)[nH]1)c1ccccc1. The molecule has 2 rings (SSSR count). The molecule has 0 aliphatic rings. The minimum absolute atomic E-state index is 0.124. The van der Waals surface area contributed by atoms with E-state index >= 15 is 0 Å². The Hall–Kier alpha value is -2.37. The lowest BCUT2D eigenvalue weighted by molar-refractivity contribution is 0.0949. The number of nitrogens with one attached hydrogen (secondary N) is 2. The van der Waals surface area contributed by atoms with Crippen LogP contribution in [0.25, 0.3) is 0 Å². The molecule has 0 radical (unpaired) electrons. The summed E-state index contributed by atoms with van der Waals surface area (Å²) in [4.78, 5) is 24.5. The molecule has 0 aliphatic heterocycles. The highest BCUT2D eigenvalue weighted by atomic mass is 16.5. The lowest BCUT2D eigenvalue weighted by Crippen LogP contribution is -2.23. The van der Waals surface area contributed by atoms with Crippen LogP contribution in [0, 0.1) is 0 Å². The fourth-order valence-corrected chi connectivity index (χ4v) is 1.19. The van der Waals surface area contributed by atoms with Crippen LogP contribution in [0.4, 0.5) is 0 Å². The molecule has 0 spiro atoms. The van der Waals surface area contributed by atoms with Crippen LogP contribution in [-0.4, -0.2) is 16.0 Å². The number of nitrogens with zero attached hydrogens (tertiary/aromatic N) is 1. The van der Waals surface area contributed by atoms with Gasteiger partial charge < -0.3 is 5.32 Å². The summed E-state index contributed by atoms with van der Waals surface area (Å²) in [5, 5.41) is 6.02. The maximum absolute atomic E-state index is 11.6. The third kappa shape index (κ3) is 2.35. The highest BCUT2D eigenvalue weighted by Gasteiger charge is 2.05. The molecule has 1 heterocycles. The van der Waals surface area contributed by atoms with Crippen molar-refractivity contribution in [1.82, 2.24) is 15.5 Å². The van der Waals surface area contributed by atoms with Gasteiger partial charge in [0.25, 0.3) is 5.91 Å². The molecule has 82 valence electrons. The minimum Gasteiger partial charge on any atom is -0.345 e. The molecule has 2 N–H and O–H groups in total. The average molecular weight is 219 g/mol. The fraction of sp³-hybridized carbons (Fsp3) is 0.100. The van der Waals surface area contributed by atoms with Gasteiger partial charge >= 0.3 is 5.76 Å². The summed E-state index contributed by atoms with van der Waals surface area (Å²) < 4.78 is 4.29. The molecule has 1 amide bonds. The number of rotatable bonds is 3. The van der Waals surface area contributed by atoms with E-state index < -0.39 is 5.76 Å². The van der Waals surface area contributed by atoms with Crippen molar-refractivity contribution >= 4 is 5.91 Å². The van der Waals surface area contributed by atoms with Crippen molar-refractivity contribution in [3.05, 3.63) is 52.3 Å². The van der Waals surface area contributed by atoms with Gasteiger partial charge in [0.1, 0.15) is 0 Å². The van der Waals surface area contributed by atoms with Gasteiger partial charge in [0.15, 0.2) is 5.82 Å². The van der Waals surface area contributed by atoms with Crippen molar-refractivity contribution < 1.29 is 9.32 Å². The zero-order valence-corrected chi connectivity index (χ0v) is 8.27. The molecule has 6 heteroatoms. The molecule has 0 saturated heterocycles. The van der Waals surface area contributed by atoms with Crippen molar-refractivity contribution in [2.45, 2.75) is 6.54 Å². The molecular weight excluding hydrogens is 210 g/mol. The lowest BCUT2D eigenvalue weighted by Gasteiger charge is -2.01. The summed E-state index contributed by atoms with van der Waals surface area (Å²) in [5.74, 6) is -0.581. The molecule has 0 bridgehead atoms. The van der Waals surface area contributed by atoms with Crippen molar-refractivity contribution in [3.8, 4) is 0 Å². The first-order valence-corrected chi connectivity index (χ1v) is 4.64. The van der Waals surface area contributed by atoms with Crippen LogP contribution in [-0.2, 0) is 6.54 Å². The Bertz CT molecular complexity index is 529. The minimum atomic E-state index is -0.635. The van der Waals surface area contributed by atoms with Crippen molar-refractivity contribution in [2.75, 3.05) is 0 Å². The quantitative estimate of drug-likeness (QED) is 0.776. The van der Waals surface area contributed by atoms with E-state index in [1.54, 1.807) is 24.3 Å². The summed E-state index contributed by atoms with van der Waals surface area (Å²) in [6, 6.07) is 8.76. The smallest absolute Gasteiger partial charge is 0.345 e. The van der Waals surface area contributed by atoms with Crippen LogP contribution in [0.1, 0.15) is 16.2 Å². The number of carbonyl (C=O) groups excluding carboxylic acids is 1. The topological polar surface area (TPSA) is 88.0 Å². The third-order valence-corrected chi connectivity index (χ3v) is 1.94. The normalized spacial score (nSPS) is 10.0. The van der Waals surface area contributed by atoms with Gasteiger partial charge in [0.05, 0.1) is 6.54 Å². The summed E-state index contributed by atoms with van der Waals surface area (Å²) in [6.07, 6.45) is 0. The van der Waals surface area contributed by atoms with Crippen LogP contribution in [0.2, 0.25) is 0 Å². The number of benzene rings is 1. The van der Waals surface area contributed by atoms with E-state index in [0.29, 0.717) is 5.56 Å². The average Bonchev–Trinajstić information content (AvgIpc) is 2.73. The van der Waals surface area contributed by atoms with Gasteiger partial charge in [-0.25, -0.2) is 4.79 Å². The van der Waals surface area contributed by atoms with Crippen LogP contribution in [0.15, 0.2) is 39.6 Å². The second-order valence-electron chi connectivity index (χ2n) is 3.09. The molecule has 1 aromatic carbocycles. The second-order valence-corrected chi connectivity index (χ2v) is 3.09. The van der Waals surface area contributed by atoms with Gasteiger partial charge in [-0.15, -0.1) is 0 Å². The predicted molar refractivity (Wildman–Crippen MR) is 54.7 cm³/mol. The van der Waals surface area contributed by atoms with Gasteiger partial charge in [-0.2, -0.15) is 0 Å².